The highest BCUT2D eigenvalue weighted by Gasteiger charge is 2.43. The van der Waals surface area contributed by atoms with Crippen LogP contribution in [0.3, 0.4) is 0 Å². The van der Waals surface area contributed by atoms with E-state index in [1.807, 2.05) is 0 Å². The quantitative estimate of drug-likeness (QED) is 0.504. The van der Waals surface area contributed by atoms with Crippen molar-refractivity contribution in [2.45, 2.75) is 12.8 Å². The number of hydrogen-bond acceptors (Lipinski definition) is 5. The van der Waals surface area contributed by atoms with E-state index in [4.69, 9.17) is 5.11 Å². The van der Waals surface area contributed by atoms with Crippen molar-refractivity contribution in [1.29, 1.82) is 0 Å². The van der Waals surface area contributed by atoms with Gasteiger partial charge in [0.25, 0.3) is 0 Å². The number of amides is 2. The number of hydrogen-bond donors (Lipinski definition) is 1. The summed E-state index contributed by atoms with van der Waals surface area (Å²) in [7, 11) is 2.59. The Morgan fingerprint density at radius 1 is 1.56 bits per heavy atom. The molecule has 0 aromatic rings. The van der Waals surface area contributed by atoms with Gasteiger partial charge in [-0.3, -0.25) is 19.3 Å². The molecule has 2 atom stereocenters. The Labute approximate surface area is 93.2 Å². The van der Waals surface area contributed by atoms with Crippen LogP contribution in [0.4, 0.5) is 0 Å². The van der Waals surface area contributed by atoms with E-state index in [0.717, 1.165) is 4.90 Å². The van der Waals surface area contributed by atoms with Gasteiger partial charge in [-0.1, -0.05) is 0 Å². The summed E-state index contributed by atoms with van der Waals surface area (Å²) in [6, 6.07) is 0. The van der Waals surface area contributed by atoms with Gasteiger partial charge in [0.2, 0.25) is 11.8 Å². The van der Waals surface area contributed by atoms with E-state index in [2.05, 4.69) is 4.74 Å². The van der Waals surface area contributed by atoms with Crippen LogP contribution in [0, 0.1) is 11.8 Å². The summed E-state index contributed by atoms with van der Waals surface area (Å²) in [6.45, 7) is -0.202. The van der Waals surface area contributed by atoms with Crippen molar-refractivity contribution in [3.8, 4) is 0 Å². The van der Waals surface area contributed by atoms with Crippen molar-refractivity contribution in [2.75, 3.05) is 20.8 Å². The number of ether oxygens (including phenoxy) is 1. The van der Waals surface area contributed by atoms with E-state index in [9.17, 15) is 14.4 Å². The maximum atomic E-state index is 11.7. The second kappa shape index (κ2) is 5.07. The fourth-order valence-electron chi connectivity index (χ4n) is 1.87. The van der Waals surface area contributed by atoms with Gasteiger partial charge in [-0.25, -0.2) is 0 Å². The third-order valence-corrected chi connectivity index (χ3v) is 2.85. The molecule has 2 unspecified atom stereocenters. The molecule has 16 heavy (non-hydrogen) atoms. The largest absolute Gasteiger partial charge is 0.469 e. The first kappa shape index (κ1) is 12.6. The standard InChI is InChI=1S/C10H15NO5/c1-11-8(13)5-7(10(15)16-2)6(3-4-12)9(11)14/h6-7,12H,3-5H2,1-2H3. The normalized spacial score (nSPS) is 25.8. The molecule has 1 N–H and O–H groups in total. The first-order valence-corrected chi connectivity index (χ1v) is 5.02. The molecule has 0 spiro atoms. The summed E-state index contributed by atoms with van der Waals surface area (Å²) in [5, 5.41) is 8.85. The number of piperidine rings is 1. The molecule has 1 rings (SSSR count). The molecule has 6 nitrogen and oxygen atoms in total. The van der Waals surface area contributed by atoms with Gasteiger partial charge in [-0.15, -0.1) is 0 Å². The molecule has 1 aliphatic rings. The fraction of sp³-hybridized carbons (Fsp3) is 0.700. The van der Waals surface area contributed by atoms with Crippen LogP contribution in [-0.2, 0) is 19.1 Å². The average Bonchev–Trinajstić information content (AvgIpc) is 2.28. The summed E-state index contributed by atoms with van der Waals surface area (Å²) in [4.78, 5) is 35.6. The van der Waals surface area contributed by atoms with Crippen LogP contribution >= 0.6 is 0 Å². The van der Waals surface area contributed by atoms with Crippen LogP contribution in [0.25, 0.3) is 0 Å². The van der Waals surface area contributed by atoms with Crippen LogP contribution in [0.1, 0.15) is 12.8 Å². The van der Waals surface area contributed by atoms with Gasteiger partial charge in [0.1, 0.15) is 0 Å². The van der Waals surface area contributed by atoms with Crippen LogP contribution in [0.5, 0.6) is 0 Å². The highest BCUT2D eigenvalue weighted by atomic mass is 16.5. The number of methoxy groups -OCH3 is 1. The number of nitrogens with zero attached hydrogens (tertiary/aromatic N) is 1. The minimum atomic E-state index is -0.770. The van der Waals surface area contributed by atoms with Crippen molar-refractivity contribution < 1.29 is 24.2 Å². The molecule has 1 fully saturated rings. The van der Waals surface area contributed by atoms with Gasteiger partial charge < -0.3 is 9.84 Å². The molecule has 0 aliphatic carbocycles. The van der Waals surface area contributed by atoms with E-state index in [1.165, 1.54) is 14.2 Å². The molecule has 90 valence electrons. The Morgan fingerprint density at radius 3 is 2.69 bits per heavy atom. The number of carbonyl (C=O) groups excluding carboxylic acids is 3. The third-order valence-electron chi connectivity index (χ3n) is 2.85. The van der Waals surface area contributed by atoms with Crippen LogP contribution in [-0.4, -0.2) is 48.6 Å². The van der Waals surface area contributed by atoms with Crippen molar-refractivity contribution in [2.24, 2.45) is 11.8 Å². The van der Waals surface area contributed by atoms with Crippen LogP contribution < -0.4 is 0 Å². The molecule has 1 aliphatic heterocycles. The number of rotatable bonds is 3. The summed E-state index contributed by atoms with van der Waals surface area (Å²) in [5.74, 6) is -2.84. The van der Waals surface area contributed by atoms with Gasteiger partial charge in [0, 0.05) is 20.1 Å². The second-order valence-corrected chi connectivity index (χ2v) is 3.74. The minimum Gasteiger partial charge on any atom is -0.469 e. The van der Waals surface area contributed by atoms with Crippen molar-refractivity contribution in [3.63, 3.8) is 0 Å². The first-order chi connectivity index (χ1) is 7.52. The monoisotopic (exact) mass is 229 g/mol. The van der Waals surface area contributed by atoms with E-state index in [-0.39, 0.29) is 19.4 Å². The molecule has 0 aromatic heterocycles. The Hall–Kier alpha value is -1.43. The third kappa shape index (κ3) is 2.21. The van der Waals surface area contributed by atoms with Crippen LogP contribution in [0.15, 0.2) is 0 Å². The molecule has 0 radical (unpaired) electrons. The second-order valence-electron chi connectivity index (χ2n) is 3.74. The molecule has 1 saturated heterocycles. The lowest BCUT2D eigenvalue weighted by Gasteiger charge is -2.32. The lowest BCUT2D eigenvalue weighted by Crippen LogP contribution is -2.49. The Morgan fingerprint density at radius 2 is 2.19 bits per heavy atom. The lowest BCUT2D eigenvalue weighted by atomic mass is 9.82. The van der Waals surface area contributed by atoms with E-state index in [1.54, 1.807) is 0 Å². The summed E-state index contributed by atoms with van der Waals surface area (Å²) in [6.07, 6.45) is 0.121. The topological polar surface area (TPSA) is 83.9 Å². The number of carbonyl (C=O) groups is 3. The predicted octanol–water partition coefficient (Wildman–Crippen LogP) is -0.837. The summed E-state index contributed by atoms with van der Waals surface area (Å²) in [5.41, 5.74) is 0. The van der Waals surface area contributed by atoms with Crippen LogP contribution in [0.2, 0.25) is 0 Å². The molecule has 2 amide bonds. The zero-order valence-corrected chi connectivity index (χ0v) is 9.30. The van der Waals surface area contributed by atoms with E-state index >= 15 is 0 Å². The van der Waals surface area contributed by atoms with Gasteiger partial charge in [-0.05, 0) is 6.42 Å². The first-order valence-electron chi connectivity index (χ1n) is 5.02. The van der Waals surface area contributed by atoms with Gasteiger partial charge >= 0.3 is 5.97 Å². The number of aliphatic hydroxyl groups is 1. The summed E-state index contributed by atoms with van der Waals surface area (Å²) >= 11 is 0. The molecule has 6 heteroatoms. The SMILES string of the molecule is COC(=O)C1CC(=O)N(C)C(=O)C1CCO. The van der Waals surface area contributed by atoms with E-state index < -0.39 is 29.6 Å². The maximum absolute atomic E-state index is 11.7. The number of imide groups is 1. The zero-order valence-electron chi connectivity index (χ0n) is 9.30. The van der Waals surface area contributed by atoms with Crippen molar-refractivity contribution in [1.82, 2.24) is 4.90 Å². The Bertz CT molecular complexity index is 314. The zero-order chi connectivity index (χ0) is 12.3. The number of esters is 1. The van der Waals surface area contributed by atoms with Gasteiger partial charge in [0.05, 0.1) is 18.9 Å². The average molecular weight is 229 g/mol. The highest BCUT2D eigenvalue weighted by molar-refractivity contribution is 6.02. The lowest BCUT2D eigenvalue weighted by molar-refractivity contribution is -0.163. The molecular formula is C10H15NO5. The van der Waals surface area contributed by atoms with Gasteiger partial charge in [-0.2, -0.15) is 0 Å². The van der Waals surface area contributed by atoms with Crippen molar-refractivity contribution >= 4 is 17.8 Å². The predicted molar refractivity (Wildman–Crippen MR) is 53.1 cm³/mol. The fourth-order valence-corrected chi connectivity index (χ4v) is 1.87. The maximum Gasteiger partial charge on any atom is 0.309 e. The van der Waals surface area contributed by atoms with Crippen molar-refractivity contribution in [3.05, 3.63) is 0 Å². The smallest absolute Gasteiger partial charge is 0.309 e. The number of likely N-dealkylation sites (tertiary alicyclic amines) is 1. The molecule has 1 heterocycles. The molecule has 0 bridgehead atoms. The summed E-state index contributed by atoms with van der Waals surface area (Å²) < 4.78 is 4.55. The number of aliphatic hydroxyl groups excluding tert-OH is 1. The highest BCUT2D eigenvalue weighted by Crippen LogP contribution is 2.28. The molecular weight excluding hydrogens is 214 g/mol. The van der Waals surface area contributed by atoms with Gasteiger partial charge in [0.15, 0.2) is 0 Å². The Kier molecular flexibility index (Phi) is 4.00. The molecule has 0 saturated carbocycles. The molecule has 0 aromatic carbocycles. The minimum absolute atomic E-state index is 0.0421. The Balaban J connectivity index is 2.91. The van der Waals surface area contributed by atoms with E-state index in [0.29, 0.717) is 0 Å².